The zero-order valence-electron chi connectivity index (χ0n) is 8.81. The number of allylic oxidation sites excluding steroid dienone is 1. The first kappa shape index (κ1) is 13.0. The first-order chi connectivity index (χ1) is 7.05. The lowest BCUT2D eigenvalue weighted by molar-refractivity contribution is -0.137. The molecule has 0 radical (unpaired) electrons. The number of ether oxygens (including phenoxy) is 2. The van der Waals surface area contributed by atoms with Crippen molar-refractivity contribution in [2.45, 2.75) is 31.0 Å². The van der Waals surface area contributed by atoms with Crippen molar-refractivity contribution < 1.29 is 14.3 Å². The molecule has 3 nitrogen and oxygen atoms in total. The lowest BCUT2D eigenvalue weighted by Gasteiger charge is -2.19. The molecule has 0 aromatic rings. The van der Waals surface area contributed by atoms with Crippen LogP contribution in [0.5, 0.6) is 0 Å². The minimum atomic E-state index is -0.369. The Labute approximate surface area is 106 Å². The van der Waals surface area contributed by atoms with Gasteiger partial charge >= 0.3 is 5.97 Å². The molecule has 5 heteroatoms. The van der Waals surface area contributed by atoms with Gasteiger partial charge in [-0.3, -0.25) is 0 Å². The Hall–Kier alpha value is -0.0300. The van der Waals surface area contributed by atoms with Crippen LogP contribution in [-0.2, 0) is 14.3 Å². The molecule has 1 aliphatic heterocycles. The SMILES string of the molecule is CCOC(=O)/C(Br)=C1/OCCC1(Br)CC. The summed E-state index contributed by atoms with van der Waals surface area (Å²) in [4.78, 5) is 11.5. The number of carbonyl (C=O) groups is 1. The van der Waals surface area contributed by atoms with E-state index in [-0.39, 0.29) is 10.3 Å². The van der Waals surface area contributed by atoms with Gasteiger partial charge in [-0.1, -0.05) is 22.9 Å². The van der Waals surface area contributed by atoms with E-state index in [4.69, 9.17) is 9.47 Å². The Bertz CT molecular complexity index is 288. The Morgan fingerprint density at radius 3 is 2.80 bits per heavy atom. The van der Waals surface area contributed by atoms with Crippen LogP contribution in [0.25, 0.3) is 0 Å². The van der Waals surface area contributed by atoms with Gasteiger partial charge in [0, 0.05) is 6.42 Å². The van der Waals surface area contributed by atoms with Crippen molar-refractivity contribution in [3.05, 3.63) is 10.2 Å². The second kappa shape index (κ2) is 5.34. The fourth-order valence-electron chi connectivity index (χ4n) is 1.44. The van der Waals surface area contributed by atoms with Gasteiger partial charge in [0.05, 0.1) is 17.5 Å². The highest BCUT2D eigenvalue weighted by Gasteiger charge is 2.40. The zero-order valence-corrected chi connectivity index (χ0v) is 12.0. The summed E-state index contributed by atoms with van der Waals surface area (Å²) >= 11 is 6.85. The van der Waals surface area contributed by atoms with Gasteiger partial charge in [-0.05, 0) is 29.3 Å². The number of hydrogen-bond acceptors (Lipinski definition) is 3. The van der Waals surface area contributed by atoms with Crippen LogP contribution in [0.1, 0.15) is 26.7 Å². The third-order valence-electron chi connectivity index (χ3n) is 2.37. The lowest BCUT2D eigenvalue weighted by atomic mass is 10.0. The molecule has 1 unspecified atom stereocenters. The number of hydrogen-bond donors (Lipinski definition) is 0. The topological polar surface area (TPSA) is 35.5 Å². The first-order valence-corrected chi connectivity index (χ1v) is 6.53. The summed E-state index contributed by atoms with van der Waals surface area (Å²) < 4.78 is 10.5. The standard InChI is InChI=1S/C10H14Br2O3/c1-3-10(12)5-6-15-8(10)7(11)9(13)14-4-2/h3-6H2,1-2H3/b8-7-. The van der Waals surface area contributed by atoms with E-state index < -0.39 is 0 Å². The fourth-order valence-corrected chi connectivity index (χ4v) is 2.79. The first-order valence-electron chi connectivity index (χ1n) is 4.94. The molecule has 1 rings (SSSR count). The molecule has 0 saturated carbocycles. The van der Waals surface area contributed by atoms with Crippen LogP contribution < -0.4 is 0 Å². The van der Waals surface area contributed by atoms with Gasteiger partial charge in [0.2, 0.25) is 0 Å². The van der Waals surface area contributed by atoms with E-state index in [1.807, 2.05) is 0 Å². The number of rotatable bonds is 3. The average molecular weight is 342 g/mol. The maximum Gasteiger partial charge on any atom is 0.348 e. The molecule has 0 aliphatic carbocycles. The quantitative estimate of drug-likeness (QED) is 0.449. The molecular weight excluding hydrogens is 328 g/mol. The van der Waals surface area contributed by atoms with E-state index in [2.05, 4.69) is 38.8 Å². The van der Waals surface area contributed by atoms with Crippen molar-refractivity contribution in [3.8, 4) is 0 Å². The minimum absolute atomic E-state index is 0.224. The van der Waals surface area contributed by atoms with E-state index >= 15 is 0 Å². The third kappa shape index (κ3) is 2.75. The van der Waals surface area contributed by atoms with Gasteiger partial charge in [0.25, 0.3) is 0 Å². The normalized spacial score (nSPS) is 28.5. The highest BCUT2D eigenvalue weighted by Crippen LogP contribution is 2.43. The lowest BCUT2D eigenvalue weighted by Crippen LogP contribution is -2.20. The number of carbonyl (C=O) groups excluding carboxylic acids is 1. The molecule has 0 aromatic carbocycles. The summed E-state index contributed by atoms with van der Waals surface area (Å²) in [6.45, 7) is 4.82. The summed E-state index contributed by atoms with van der Waals surface area (Å²) in [5, 5.41) is 0. The fraction of sp³-hybridized carbons (Fsp3) is 0.700. The smallest absolute Gasteiger partial charge is 0.348 e. The summed E-state index contributed by atoms with van der Waals surface area (Å²) in [7, 11) is 0. The van der Waals surface area contributed by atoms with Crippen LogP contribution in [0, 0.1) is 0 Å². The van der Waals surface area contributed by atoms with E-state index in [1.54, 1.807) is 6.92 Å². The summed E-state index contributed by atoms with van der Waals surface area (Å²) in [5.41, 5.74) is 0. The number of halogens is 2. The molecule has 1 fully saturated rings. The number of alkyl halides is 1. The van der Waals surface area contributed by atoms with E-state index in [0.29, 0.717) is 23.5 Å². The molecular formula is C10H14Br2O3. The Morgan fingerprint density at radius 2 is 2.27 bits per heavy atom. The average Bonchev–Trinajstić information content (AvgIpc) is 2.60. The van der Waals surface area contributed by atoms with E-state index in [0.717, 1.165) is 12.8 Å². The van der Waals surface area contributed by atoms with Gasteiger partial charge in [-0.25, -0.2) is 4.79 Å². The highest BCUT2D eigenvalue weighted by atomic mass is 79.9. The van der Waals surface area contributed by atoms with Crippen molar-refractivity contribution in [2.24, 2.45) is 0 Å². The van der Waals surface area contributed by atoms with E-state index in [9.17, 15) is 4.79 Å². The molecule has 1 heterocycles. The Kier molecular flexibility index (Phi) is 4.64. The maximum absolute atomic E-state index is 11.5. The highest BCUT2D eigenvalue weighted by molar-refractivity contribution is 9.12. The predicted octanol–water partition coefficient (Wildman–Crippen LogP) is 3.12. The summed E-state index contributed by atoms with van der Waals surface area (Å²) in [5.74, 6) is 0.287. The summed E-state index contributed by atoms with van der Waals surface area (Å²) in [6.07, 6.45) is 1.74. The van der Waals surface area contributed by atoms with Crippen LogP contribution in [0.3, 0.4) is 0 Å². The third-order valence-corrected chi connectivity index (χ3v) is 4.37. The maximum atomic E-state index is 11.5. The van der Waals surface area contributed by atoms with Crippen LogP contribution in [0.4, 0.5) is 0 Å². The molecule has 86 valence electrons. The van der Waals surface area contributed by atoms with Crippen LogP contribution in [-0.4, -0.2) is 23.5 Å². The molecule has 1 atom stereocenters. The molecule has 0 bridgehead atoms. The van der Waals surface area contributed by atoms with Crippen molar-refractivity contribution in [1.82, 2.24) is 0 Å². The second-order valence-corrected chi connectivity index (χ2v) is 5.59. The van der Waals surface area contributed by atoms with E-state index in [1.165, 1.54) is 0 Å². The Balaban J connectivity index is 2.92. The number of esters is 1. The van der Waals surface area contributed by atoms with Crippen LogP contribution in [0.2, 0.25) is 0 Å². The van der Waals surface area contributed by atoms with Crippen molar-refractivity contribution in [3.63, 3.8) is 0 Å². The van der Waals surface area contributed by atoms with Gasteiger partial charge < -0.3 is 9.47 Å². The second-order valence-electron chi connectivity index (χ2n) is 3.28. The van der Waals surface area contributed by atoms with Gasteiger partial charge in [-0.15, -0.1) is 0 Å². The molecule has 0 spiro atoms. The predicted molar refractivity (Wildman–Crippen MR) is 65.1 cm³/mol. The minimum Gasteiger partial charge on any atom is -0.495 e. The monoisotopic (exact) mass is 340 g/mol. The Morgan fingerprint density at radius 1 is 1.60 bits per heavy atom. The molecule has 0 aromatic heterocycles. The van der Waals surface area contributed by atoms with Crippen LogP contribution >= 0.6 is 31.9 Å². The van der Waals surface area contributed by atoms with Gasteiger partial charge in [0.15, 0.2) is 0 Å². The van der Waals surface area contributed by atoms with Gasteiger partial charge in [-0.2, -0.15) is 0 Å². The molecule has 15 heavy (non-hydrogen) atoms. The van der Waals surface area contributed by atoms with Crippen molar-refractivity contribution in [1.29, 1.82) is 0 Å². The molecule has 1 aliphatic rings. The molecule has 0 N–H and O–H groups in total. The molecule has 1 saturated heterocycles. The van der Waals surface area contributed by atoms with Crippen molar-refractivity contribution in [2.75, 3.05) is 13.2 Å². The summed E-state index contributed by atoms with van der Waals surface area (Å²) in [6, 6.07) is 0. The van der Waals surface area contributed by atoms with Crippen molar-refractivity contribution >= 4 is 37.8 Å². The van der Waals surface area contributed by atoms with Gasteiger partial charge in [0.1, 0.15) is 10.2 Å². The van der Waals surface area contributed by atoms with Crippen LogP contribution in [0.15, 0.2) is 10.2 Å². The largest absolute Gasteiger partial charge is 0.495 e. The molecule has 0 amide bonds. The zero-order chi connectivity index (χ0) is 11.5.